The molecule has 9 nitrogen and oxygen atoms in total. The van der Waals surface area contributed by atoms with E-state index in [1.54, 1.807) is 29.9 Å². The maximum atomic E-state index is 11.1. The lowest BCUT2D eigenvalue weighted by atomic mass is 10.2. The third kappa shape index (κ3) is 3.52. The highest BCUT2D eigenvalue weighted by Gasteiger charge is 2.27. The second-order valence-corrected chi connectivity index (χ2v) is 6.64. The van der Waals surface area contributed by atoms with Crippen LogP contribution in [0, 0.1) is 11.8 Å². The average molecular weight is 392 g/mol. The van der Waals surface area contributed by atoms with E-state index < -0.39 is 0 Å². The molecule has 3 heterocycles. The Morgan fingerprint density at radius 2 is 1.93 bits per heavy atom. The molecule has 1 aliphatic rings. The van der Waals surface area contributed by atoms with Crippen LogP contribution in [0.5, 0.6) is 11.5 Å². The summed E-state index contributed by atoms with van der Waals surface area (Å²) in [6.45, 7) is 1.25. The van der Waals surface area contributed by atoms with Crippen molar-refractivity contribution in [2.75, 3.05) is 33.0 Å². The lowest BCUT2D eigenvalue weighted by Crippen LogP contribution is -2.20. The number of nitrogen functional groups attached to an aromatic ring is 1. The number of hydrogen-bond donors (Lipinski definition) is 1. The van der Waals surface area contributed by atoms with Gasteiger partial charge in [-0.1, -0.05) is 5.92 Å². The van der Waals surface area contributed by atoms with Gasteiger partial charge in [-0.05, 0) is 24.5 Å². The number of nitrogens with zero attached hydrogens (tertiary/aromatic N) is 5. The van der Waals surface area contributed by atoms with Gasteiger partial charge in [0.25, 0.3) is 0 Å². The molecule has 1 atom stereocenters. The summed E-state index contributed by atoms with van der Waals surface area (Å²) >= 11 is 0. The Morgan fingerprint density at radius 1 is 1.17 bits per heavy atom. The van der Waals surface area contributed by atoms with Gasteiger partial charge in [-0.3, -0.25) is 4.79 Å². The fourth-order valence-electron chi connectivity index (χ4n) is 3.41. The van der Waals surface area contributed by atoms with Crippen LogP contribution in [0.1, 0.15) is 23.7 Å². The first-order valence-corrected chi connectivity index (χ1v) is 9.06. The van der Waals surface area contributed by atoms with Gasteiger partial charge in [0.05, 0.1) is 25.6 Å². The highest BCUT2D eigenvalue weighted by molar-refractivity contribution is 5.90. The number of carbonyl (C=O) groups is 1. The minimum Gasteiger partial charge on any atom is -0.497 e. The number of methoxy groups -OCH3 is 2. The van der Waals surface area contributed by atoms with Crippen LogP contribution >= 0.6 is 0 Å². The summed E-state index contributed by atoms with van der Waals surface area (Å²) in [7, 11) is 3.17. The van der Waals surface area contributed by atoms with E-state index in [-0.39, 0.29) is 6.04 Å². The molecule has 4 rings (SSSR count). The first kappa shape index (κ1) is 18.6. The van der Waals surface area contributed by atoms with Gasteiger partial charge >= 0.3 is 0 Å². The molecule has 1 amide bonds. The summed E-state index contributed by atoms with van der Waals surface area (Å²) in [5, 5.41) is 5.27. The Labute approximate surface area is 167 Å². The highest BCUT2D eigenvalue weighted by atomic mass is 16.5. The van der Waals surface area contributed by atoms with Crippen molar-refractivity contribution in [2.24, 2.45) is 0 Å². The quantitative estimate of drug-likeness (QED) is 0.525. The molecule has 3 aromatic rings. The van der Waals surface area contributed by atoms with E-state index in [1.807, 2.05) is 12.1 Å². The molecule has 1 saturated heterocycles. The maximum absolute atomic E-state index is 11.1. The minimum absolute atomic E-state index is 0.0180. The second kappa shape index (κ2) is 7.67. The summed E-state index contributed by atoms with van der Waals surface area (Å²) in [6.07, 6.45) is 3.05. The number of fused-ring (bicyclic) bond motifs is 1. The zero-order chi connectivity index (χ0) is 20.4. The van der Waals surface area contributed by atoms with Gasteiger partial charge in [-0.2, -0.15) is 5.10 Å². The molecule has 0 aliphatic carbocycles. The van der Waals surface area contributed by atoms with Gasteiger partial charge in [-0.25, -0.2) is 14.6 Å². The fraction of sp³-hybridized carbons (Fsp3) is 0.300. The van der Waals surface area contributed by atoms with E-state index in [2.05, 4.69) is 26.9 Å². The first-order chi connectivity index (χ1) is 14.1. The topological polar surface area (TPSA) is 108 Å². The number of rotatable bonds is 4. The van der Waals surface area contributed by atoms with E-state index in [0.717, 1.165) is 12.8 Å². The monoisotopic (exact) mass is 392 g/mol. The Balaban J connectivity index is 1.78. The third-order valence-corrected chi connectivity index (χ3v) is 4.88. The number of aromatic nitrogens is 4. The van der Waals surface area contributed by atoms with Gasteiger partial charge in [0.1, 0.15) is 29.3 Å². The Morgan fingerprint density at radius 3 is 2.59 bits per heavy atom. The Bertz CT molecular complexity index is 1110. The number of anilines is 1. The van der Waals surface area contributed by atoms with Gasteiger partial charge in [0.15, 0.2) is 5.65 Å². The highest BCUT2D eigenvalue weighted by Crippen LogP contribution is 2.28. The van der Waals surface area contributed by atoms with Crippen molar-refractivity contribution in [3.63, 3.8) is 0 Å². The molecular weight excluding hydrogens is 372 g/mol. The van der Waals surface area contributed by atoms with Gasteiger partial charge in [-0.15, -0.1) is 0 Å². The molecule has 1 unspecified atom stereocenters. The molecule has 148 valence electrons. The number of amides is 1. The average Bonchev–Trinajstić information content (AvgIpc) is 3.37. The lowest BCUT2D eigenvalue weighted by Gasteiger charge is -2.11. The predicted octanol–water partition coefficient (Wildman–Crippen LogP) is 1.23. The molecule has 0 spiro atoms. The molecule has 9 heteroatoms. The molecule has 1 aromatic carbocycles. The van der Waals surface area contributed by atoms with Crippen molar-refractivity contribution in [2.45, 2.75) is 12.5 Å². The largest absolute Gasteiger partial charge is 0.497 e. The van der Waals surface area contributed by atoms with Crippen LogP contribution in [-0.4, -0.2) is 58.4 Å². The van der Waals surface area contributed by atoms with E-state index in [9.17, 15) is 4.79 Å². The van der Waals surface area contributed by atoms with Crippen LogP contribution in [0.3, 0.4) is 0 Å². The minimum atomic E-state index is 0.0180. The zero-order valence-corrected chi connectivity index (χ0v) is 16.1. The fourth-order valence-corrected chi connectivity index (χ4v) is 3.41. The molecule has 2 aromatic heterocycles. The molecule has 0 saturated carbocycles. The van der Waals surface area contributed by atoms with E-state index in [1.165, 1.54) is 6.33 Å². The Hall–Kier alpha value is -3.80. The number of hydrogen-bond acceptors (Lipinski definition) is 7. The van der Waals surface area contributed by atoms with Crippen LogP contribution in [0.4, 0.5) is 5.82 Å². The molecule has 1 fully saturated rings. The van der Waals surface area contributed by atoms with E-state index >= 15 is 0 Å². The zero-order valence-electron chi connectivity index (χ0n) is 16.1. The number of benzene rings is 1. The number of ether oxygens (including phenoxy) is 2. The van der Waals surface area contributed by atoms with Crippen molar-refractivity contribution in [1.29, 1.82) is 0 Å². The Kier molecular flexibility index (Phi) is 4.91. The van der Waals surface area contributed by atoms with Crippen LogP contribution in [-0.2, 0) is 4.79 Å². The first-order valence-electron chi connectivity index (χ1n) is 9.06. The third-order valence-electron chi connectivity index (χ3n) is 4.88. The van der Waals surface area contributed by atoms with Crippen molar-refractivity contribution in [3.8, 4) is 23.3 Å². The molecular formula is C20H20N6O3. The van der Waals surface area contributed by atoms with Crippen molar-refractivity contribution < 1.29 is 14.3 Å². The summed E-state index contributed by atoms with van der Waals surface area (Å²) in [5.74, 6) is 7.78. The second-order valence-electron chi connectivity index (χ2n) is 6.64. The summed E-state index contributed by atoms with van der Waals surface area (Å²) in [5.41, 5.74) is 7.92. The van der Waals surface area contributed by atoms with Crippen LogP contribution in [0.25, 0.3) is 11.0 Å². The smallest absolute Gasteiger partial charge is 0.209 e. The number of nitrogens with two attached hydrogens (primary N) is 1. The van der Waals surface area contributed by atoms with Gasteiger partial charge in [0.2, 0.25) is 6.41 Å². The van der Waals surface area contributed by atoms with Gasteiger partial charge in [0, 0.05) is 24.7 Å². The molecule has 29 heavy (non-hydrogen) atoms. The van der Waals surface area contributed by atoms with Crippen LogP contribution < -0.4 is 15.2 Å². The van der Waals surface area contributed by atoms with E-state index in [4.69, 9.17) is 15.2 Å². The standard InChI is InChI=1S/C20H20N6O3/c1-28-15-7-13(8-16(9-15)29-2)3-4-17-18-19(21)22-11-23-20(18)26(24-17)14-5-6-25(10-14)12-27/h7-9,11-12,14H,5-6,10H2,1-2H3,(H2,21,22,23). The van der Waals surface area contributed by atoms with Crippen LogP contribution in [0.2, 0.25) is 0 Å². The lowest BCUT2D eigenvalue weighted by molar-refractivity contribution is -0.117. The molecule has 0 bridgehead atoms. The molecule has 0 radical (unpaired) electrons. The van der Waals surface area contributed by atoms with E-state index in [0.29, 0.717) is 52.7 Å². The SMILES string of the molecule is COc1cc(C#Cc2nn(C3CCN(C=O)C3)c3ncnc(N)c23)cc(OC)c1. The van der Waals surface area contributed by atoms with Crippen LogP contribution in [0.15, 0.2) is 24.5 Å². The number of carbonyl (C=O) groups excluding carboxylic acids is 1. The number of likely N-dealkylation sites (tertiary alicyclic amines) is 1. The predicted molar refractivity (Wildman–Crippen MR) is 107 cm³/mol. The van der Waals surface area contributed by atoms with Crippen molar-refractivity contribution >= 4 is 23.3 Å². The molecule has 1 aliphatic heterocycles. The summed E-state index contributed by atoms with van der Waals surface area (Å²) < 4.78 is 12.4. The summed E-state index contributed by atoms with van der Waals surface area (Å²) in [6, 6.07) is 5.42. The summed E-state index contributed by atoms with van der Waals surface area (Å²) in [4.78, 5) is 21.2. The maximum Gasteiger partial charge on any atom is 0.209 e. The van der Waals surface area contributed by atoms with Crippen molar-refractivity contribution in [1.82, 2.24) is 24.6 Å². The normalized spacial score (nSPS) is 15.8. The van der Waals surface area contributed by atoms with Crippen molar-refractivity contribution in [3.05, 3.63) is 35.8 Å². The molecule has 2 N–H and O–H groups in total. The van der Waals surface area contributed by atoms with Gasteiger partial charge < -0.3 is 20.1 Å².